The van der Waals surface area contributed by atoms with Gasteiger partial charge in [0.2, 0.25) is 0 Å². The molecule has 1 aliphatic carbocycles. The van der Waals surface area contributed by atoms with Crippen molar-refractivity contribution in [3.63, 3.8) is 0 Å². The van der Waals surface area contributed by atoms with E-state index in [2.05, 4.69) is 5.32 Å². The van der Waals surface area contributed by atoms with Crippen molar-refractivity contribution in [3.8, 4) is 5.75 Å². The van der Waals surface area contributed by atoms with Gasteiger partial charge < -0.3 is 10.1 Å². The number of anilines is 1. The molecule has 1 aliphatic rings. The number of benzene rings is 1. The van der Waals surface area contributed by atoms with Crippen LogP contribution < -0.4 is 10.1 Å². The number of hydrogen-bond donors (Lipinski definition) is 1. The number of rotatable bonds is 7. The zero-order valence-corrected chi connectivity index (χ0v) is 12.6. The minimum Gasteiger partial charge on any atom is -0.494 e. The molecule has 1 aromatic carbocycles. The zero-order valence-electron chi connectivity index (χ0n) is 12.6. The molecule has 1 aromatic rings. The first-order chi connectivity index (χ1) is 10.2. The minimum atomic E-state index is -0.380. The summed E-state index contributed by atoms with van der Waals surface area (Å²) in [6.07, 6.45) is 7.83. The van der Waals surface area contributed by atoms with Crippen molar-refractivity contribution in [2.24, 2.45) is 5.92 Å². The van der Waals surface area contributed by atoms with Crippen LogP contribution in [0.4, 0.5) is 11.4 Å². The quantitative estimate of drug-likeness (QED) is 0.598. The van der Waals surface area contributed by atoms with Crippen molar-refractivity contribution in [3.05, 3.63) is 28.3 Å². The lowest BCUT2D eigenvalue weighted by Gasteiger charge is -2.21. The van der Waals surface area contributed by atoms with E-state index in [1.807, 2.05) is 13.0 Å². The van der Waals surface area contributed by atoms with E-state index in [1.54, 1.807) is 6.07 Å². The Hall–Kier alpha value is -1.78. The van der Waals surface area contributed by atoms with Gasteiger partial charge in [0.05, 0.1) is 17.6 Å². The SMILES string of the molecule is CCOc1cc(NCCC2CCCCC2)cc([N+](=O)[O-])c1. The molecule has 1 saturated carbocycles. The molecule has 0 radical (unpaired) electrons. The molecule has 0 saturated heterocycles. The van der Waals surface area contributed by atoms with Crippen LogP contribution in [0.1, 0.15) is 45.4 Å². The first-order valence-corrected chi connectivity index (χ1v) is 7.85. The first-order valence-electron chi connectivity index (χ1n) is 7.85. The fourth-order valence-corrected chi connectivity index (χ4v) is 2.94. The number of hydrogen-bond acceptors (Lipinski definition) is 4. The van der Waals surface area contributed by atoms with Crippen molar-refractivity contribution in [2.75, 3.05) is 18.5 Å². The lowest BCUT2D eigenvalue weighted by atomic mass is 9.87. The Labute approximate surface area is 125 Å². The van der Waals surface area contributed by atoms with Crippen LogP contribution in [0.2, 0.25) is 0 Å². The van der Waals surface area contributed by atoms with Gasteiger partial charge in [-0.05, 0) is 19.3 Å². The summed E-state index contributed by atoms with van der Waals surface area (Å²) in [6.45, 7) is 3.23. The van der Waals surface area contributed by atoms with Crippen LogP contribution >= 0.6 is 0 Å². The molecule has 116 valence electrons. The predicted molar refractivity (Wildman–Crippen MR) is 83.9 cm³/mol. The Bertz CT molecular complexity index is 471. The van der Waals surface area contributed by atoms with E-state index < -0.39 is 0 Å². The van der Waals surface area contributed by atoms with E-state index in [9.17, 15) is 10.1 Å². The highest BCUT2D eigenvalue weighted by atomic mass is 16.6. The summed E-state index contributed by atoms with van der Waals surface area (Å²) < 4.78 is 5.39. The van der Waals surface area contributed by atoms with E-state index in [0.29, 0.717) is 12.4 Å². The zero-order chi connectivity index (χ0) is 15.1. The van der Waals surface area contributed by atoms with Crippen LogP contribution in [0.3, 0.4) is 0 Å². The van der Waals surface area contributed by atoms with Crippen molar-refractivity contribution < 1.29 is 9.66 Å². The van der Waals surface area contributed by atoms with Crippen LogP contribution in [0, 0.1) is 16.0 Å². The highest BCUT2D eigenvalue weighted by Gasteiger charge is 2.14. The third kappa shape index (κ3) is 4.92. The van der Waals surface area contributed by atoms with Crippen molar-refractivity contribution in [1.29, 1.82) is 0 Å². The summed E-state index contributed by atoms with van der Waals surface area (Å²) in [6, 6.07) is 4.87. The maximum atomic E-state index is 11.0. The van der Waals surface area contributed by atoms with Gasteiger partial charge in [-0.2, -0.15) is 0 Å². The fraction of sp³-hybridized carbons (Fsp3) is 0.625. The van der Waals surface area contributed by atoms with E-state index in [-0.39, 0.29) is 10.6 Å². The highest BCUT2D eigenvalue weighted by molar-refractivity contribution is 5.56. The number of non-ortho nitro benzene ring substituents is 1. The molecule has 1 fully saturated rings. The second-order valence-corrected chi connectivity index (χ2v) is 5.63. The standard InChI is InChI=1S/C16H24N2O3/c1-2-21-16-11-14(10-15(12-16)18(19)20)17-9-8-13-6-4-3-5-7-13/h10-13,17H,2-9H2,1H3. The summed E-state index contributed by atoms with van der Waals surface area (Å²) in [5.74, 6) is 1.35. The maximum Gasteiger partial charge on any atom is 0.275 e. The van der Waals surface area contributed by atoms with Crippen LogP contribution in [-0.4, -0.2) is 18.1 Å². The Morgan fingerprint density at radius 2 is 2.05 bits per heavy atom. The minimum absolute atomic E-state index is 0.0705. The molecule has 0 unspecified atom stereocenters. The smallest absolute Gasteiger partial charge is 0.275 e. The maximum absolute atomic E-state index is 11.0. The summed E-state index contributed by atoms with van der Waals surface area (Å²) >= 11 is 0. The Morgan fingerprint density at radius 3 is 2.71 bits per heavy atom. The Morgan fingerprint density at radius 1 is 1.29 bits per heavy atom. The molecule has 2 rings (SSSR count). The van der Waals surface area contributed by atoms with Crippen molar-refractivity contribution in [2.45, 2.75) is 45.4 Å². The Kier molecular flexibility index (Phi) is 5.84. The molecule has 0 atom stereocenters. The molecule has 0 aromatic heterocycles. The molecule has 21 heavy (non-hydrogen) atoms. The van der Waals surface area contributed by atoms with Gasteiger partial charge in [0, 0.05) is 24.4 Å². The first kappa shape index (κ1) is 15.6. The van der Waals surface area contributed by atoms with E-state index in [0.717, 1.165) is 24.6 Å². The third-order valence-corrected chi connectivity index (χ3v) is 4.02. The predicted octanol–water partition coefficient (Wildman–Crippen LogP) is 4.38. The molecule has 0 amide bonds. The number of nitrogens with one attached hydrogen (secondary N) is 1. The lowest BCUT2D eigenvalue weighted by molar-refractivity contribution is -0.384. The molecule has 0 spiro atoms. The topological polar surface area (TPSA) is 64.4 Å². The molecular weight excluding hydrogens is 268 g/mol. The van der Waals surface area contributed by atoms with Crippen LogP contribution in [0.25, 0.3) is 0 Å². The van der Waals surface area contributed by atoms with E-state index >= 15 is 0 Å². The van der Waals surface area contributed by atoms with Gasteiger partial charge in [0.1, 0.15) is 5.75 Å². The van der Waals surface area contributed by atoms with Crippen LogP contribution in [0.15, 0.2) is 18.2 Å². The van der Waals surface area contributed by atoms with Gasteiger partial charge in [0.25, 0.3) is 5.69 Å². The van der Waals surface area contributed by atoms with Gasteiger partial charge in [-0.15, -0.1) is 0 Å². The molecule has 5 heteroatoms. The largest absolute Gasteiger partial charge is 0.494 e. The summed E-state index contributed by atoms with van der Waals surface area (Å²) in [5, 5.41) is 14.3. The molecule has 1 N–H and O–H groups in total. The monoisotopic (exact) mass is 292 g/mol. The van der Waals surface area contributed by atoms with Gasteiger partial charge in [0.15, 0.2) is 0 Å². The number of ether oxygens (including phenoxy) is 1. The van der Waals surface area contributed by atoms with Crippen molar-refractivity contribution in [1.82, 2.24) is 0 Å². The van der Waals surface area contributed by atoms with E-state index in [4.69, 9.17) is 4.74 Å². The van der Waals surface area contributed by atoms with Gasteiger partial charge >= 0.3 is 0 Å². The van der Waals surface area contributed by atoms with Gasteiger partial charge in [-0.3, -0.25) is 10.1 Å². The fourth-order valence-electron chi connectivity index (χ4n) is 2.94. The number of nitro groups is 1. The molecule has 5 nitrogen and oxygen atoms in total. The third-order valence-electron chi connectivity index (χ3n) is 4.02. The second-order valence-electron chi connectivity index (χ2n) is 5.63. The van der Waals surface area contributed by atoms with Gasteiger partial charge in [-0.1, -0.05) is 32.1 Å². The summed E-state index contributed by atoms with van der Waals surface area (Å²) in [7, 11) is 0. The second kappa shape index (κ2) is 7.86. The number of nitrogens with zero attached hydrogens (tertiary/aromatic N) is 1. The highest BCUT2D eigenvalue weighted by Crippen LogP contribution is 2.28. The van der Waals surface area contributed by atoms with Crippen LogP contribution in [-0.2, 0) is 0 Å². The average molecular weight is 292 g/mol. The summed E-state index contributed by atoms with van der Waals surface area (Å²) in [5.41, 5.74) is 0.838. The average Bonchev–Trinajstić information content (AvgIpc) is 2.48. The molecule has 0 bridgehead atoms. The number of nitro benzene ring substituents is 1. The van der Waals surface area contributed by atoms with Crippen molar-refractivity contribution >= 4 is 11.4 Å². The van der Waals surface area contributed by atoms with Gasteiger partial charge in [-0.25, -0.2) is 0 Å². The normalized spacial score (nSPS) is 15.7. The molecule has 0 heterocycles. The van der Waals surface area contributed by atoms with E-state index in [1.165, 1.54) is 38.2 Å². The lowest BCUT2D eigenvalue weighted by Crippen LogP contribution is -2.12. The summed E-state index contributed by atoms with van der Waals surface area (Å²) in [4.78, 5) is 10.6. The van der Waals surface area contributed by atoms with Crippen LogP contribution in [0.5, 0.6) is 5.75 Å². The molecule has 0 aliphatic heterocycles. The molecular formula is C16H24N2O3. The Balaban J connectivity index is 1.92.